The number of sulfonamides is 1. The summed E-state index contributed by atoms with van der Waals surface area (Å²) < 4.78 is 27.6. The zero-order valence-electron chi connectivity index (χ0n) is 14.2. The molecule has 0 bridgehead atoms. The van der Waals surface area contributed by atoms with Gasteiger partial charge in [0.2, 0.25) is 0 Å². The maximum atomic E-state index is 12.7. The largest absolute Gasteiger partial charge is 0.366 e. The predicted molar refractivity (Wildman–Crippen MR) is 109 cm³/mol. The number of nitrogens with one attached hydrogen (secondary N) is 2. The van der Waals surface area contributed by atoms with Crippen LogP contribution in [-0.2, 0) is 10.0 Å². The quantitative estimate of drug-likeness (QED) is 0.548. The second-order valence-corrected chi connectivity index (χ2v) is 8.62. The van der Waals surface area contributed by atoms with Crippen molar-refractivity contribution in [1.82, 2.24) is 0 Å². The molecule has 7 nitrogen and oxygen atoms in total. The Kier molecular flexibility index (Phi) is 5.68. The minimum absolute atomic E-state index is 0.00128. The van der Waals surface area contributed by atoms with E-state index in [1.54, 1.807) is 17.5 Å². The van der Waals surface area contributed by atoms with Crippen LogP contribution in [0.4, 0.5) is 10.7 Å². The van der Waals surface area contributed by atoms with Crippen molar-refractivity contribution in [3.8, 4) is 0 Å². The number of nitrogens with two attached hydrogens (primary N) is 1. The Bertz CT molecular complexity index is 1140. The second-order valence-electron chi connectivity index (χ2n) is 5.59. The number of primary amides is 1. The number of thiophene rings is 1. The van der Waals surface area contributed by atoms with Crippen LogP contribution in [0, 0.1) is 0 Å². The summed E-state index contributed by atoms with van der Waals surface area (Å²) in [5.41, 5.74) is 5.63. The molecule has 3 aromatic rings. The van der Waals surface area contributed by atoms with Crippen molar-refractivity contribution in [3.63, 3.8) is 0 Å². The average molecular weight is 436 g/mol. The number of hydrogen-bond donors (Lipinski definition) is 3. The SMILES string of the molecule is NC(=O)c1ccsc1NC(=O)c1ccccc1NS(=O)(=O)c1ccc(Cl)cc1. The third kappa shape index (κ3) is 4.33. The van der Waals surface area contributed by atoms with Gasteiger partial charge in [-0.25, -0.2) is 8.42 Å². The van der Waals surface area contributed by atoms with Crippen LogP contribution < -0.4 is 15.8 Å². The summed E-state index contributed by atoms with van der Waals surface area (Å²) in [5.74, 6) is -1.26. The fraction of sp³-hybridized carbons (Fsp3) is 0. The molecule has 1 aromatic heterocycles. The zero-order chi connectivity index (χ0) is 20.3. The molecule has 0 saturated carbocycles. The van der Waals surface area contributed by atoms with E-state index in [0.29, 0.717) is 5.02 Å². The maximum Gasteiger partial charge on any atom is 0.261 e. The molecule has 1 heterocycles. The standard InChI is InChI=1S/C18H14ClN3O4S2/c19-11-5-7-12(8-6-11)28(25,26)22-15-4-2-1-3-13(15)17(24)21-18-14(16(20)23)9-10-27-18/h1-10,22H,(H2,20,23)(H,21,24). The fourth-order valence-corrected chi connectivity index (χ4v) is 4.35. The molecule has 0 unspecified atom stereocenters. The van der Waals surface area contributed by atoms with Gasteiger partial charge in [-0.15, -0.1) is 11.3 Å². The Morgan fingerprint density at radius 2 is 1.64 bits per heavy atom. The number of benzene rings is 2. The van der Waals surface area contributed by atoms with Gasteiger partial charge in [0.25, 0.3) is 21.8 Å². The molecule has 28 heavy (non-hydrogen) atoms. The molecule has 0 aliphatic carbocycles. The predicted octanol–water partition coefficient (Wildman–Crippen LogP) is 3.55. The molecule has 10 heteroatoms. The number of carbonyl (C=O) groups excluding carboxylic acids is 2. The molecule has 3 rings (SSSR count). The van der Waals surface area contributed by atoms with Gasteiger partial charge in [-0.2, -0.15) is 0 Å². The maximum absolute atomic E-state index is 12.7. The van der Waals surface area contributed by atoms with Gasteiger partial charge >= 0.3 is 0 Å². The number of anilines is 2. The normalized spacial score (nSPS) is 11.0. The van der Waals surface area contributed by atoms with Gasteiger partial charge in [0, 0.05) is 5.02 Å². The lowest BCUT2D eigenvalue weighted by molar-refractivity contribution is 0.100. The zero-order valence-corrected chi connectivity index (χ0v) is 16.6. The average Bonchev–Trinajstić information content (AvgIpc) is 3.10. The van der Waals surface area contributed by atoms with Crippen molar-refractivity contribution >= 4 is 55.5 Å². The highest BCUT2D eigenvalue weighted by molar-refractivity contribution is 7.92. The Morgan fingerprint density at radius 3 is 2.32 bits per heavy atom. The summed E-state index contributed by atoms with van der Waals surface area (Å²) in [7, 11) is -3.93. The van der Waals surface area contributed by atoms with E-state index in [0.717, 1.165) is 11.3 Å². The molecule has 0 atom stereocenters. The molecule has 0 radical (unpaired) electrons. The second kappa shape index (κ2) is 8.01. The van der Waals surface area contributed by atoms with E-state index in [2.05, 4.69) is 10.0 Å². The monoisotopic (exact) mass is 435 g/mol. The van der Waals surface area contributed by atoms with Crippen LogP contribution in [0.15, 0.2) is 64.9 Å². The van der Waals surface area contributed by atoms with E-state index < -0.39 is 21.8 Å². The summed E-state index contributed by atoms with van der Waals surface area (Å²) in [6, 6.07) is 13.2. The van der Waals surface area contributed by atoms with Crippen LogP contribution in [0.3, 0.4) is 0 Å². The molecule has 4 N–H and O–H groups in total. The molecule has 0 aliphatic heterocycles. The van der Waals surface area contributed by atoms with E-state index in [9.17, 15) is 18.0 Å². The Hall–Kier alpha value is -2.88. The van der Waals surface area contributed by atoms with Gasteiger partial charge in [0.05, 0.1) is 21.7 Å². The first kappa shape index (κ1) is 19.9. The molecule has 0 aliphatic rings. The highest BCUT2D eigenvalue weighted by atomic mass is 35.5. The number of amides is 2. The van der Waals surface area contributed by atoms with E-state index in [1.165, 1.54) is 42.5 Å². The van der Waals surface area contributed by atoms with Gasteiger partial charge in [0.15, 0.2) is 0 Å². The summed E-state index contributed by atoms with van der Waals surface area (Å²) >= 11 is 6.93. The van der Waals surface area contributed by atoms with Crippen molar-refractivity contribution < 1.29 is 18.0 Å². The Morgan fingerprint density at radius 1 is 0.964 bits per heavy atom. The smallest absolute Gasteiger partial charge is 0.261 e. The van der Waals surface area contributed by atoms with Gasteiger partial charge in [-0.3, -0.25) is 14.3 Å². The minimum Gasteiger partial charge on any atom is -0.366 e. The number of rotatable bonds is 6. The van der Waals surface area contributed by atoms with Crippen molar-refractivity contribution in [2.45, 2.75) is 4.90 Å². The molecule has 2 amide bonds. The minimum atomic E-state index is -3.93. The van der Waals surface area contributed by atoms with E-state index in [-0.39, 0.29) is 26.7 Å². The lowest BCUT2D eigenvalue weighted by atomic mass is 10.1. The third-order valence-electron chi connectivity index (χ3n) is 3.70. The molecule has 2 aromatic carbocycles. The fourth-order valence-electron chi connectivity index (χ4n) is 2.36. The molecule has 0 saturated heterocycles. The van der Waals surface area contributed by atoms with E-state index in [1.807, 2.05) is 0 Å². The first-order valence-corrected chi connectivity index (χ1v) is 10.6. The van der Waals surface area contributed by atoms with Crippen LogP contribution in [0.25, 0.3) is 0 Å². The van der Waals surface area contributed by atoms with Crippen molar-refractivity contribution in [3.05, 3.63) is 76.1 Å². The van der Waals surface area contributed by atoms with Crippen LogP contribution in [0.1, 0.15) is 20.7 Å². The lowest BCUT2D eigenvalue weighted by Gasteiger charge is -2.13. The van der Waals surface area contributed by atoms with Gasteiger partial charge < -0.3 is 11.1 Å². The van der Waals surface area contributed by atoms with E-state index >= 15 is 0 Å². The molecular formula is C18H14ClN3O4S2. The molecule has 0 fully saturated rings. The number of carbonyl (C=O) groups is 2. The molecule has 0 spiro atoms. The van der Waals surface area contributed by atoms with Crippen molar-refractivity contribution in [2.75, 3.05) is 10.0 Å². The summed E-state index contributed by atoms with van der Waals surface area (Å²) in [6.45, 7) is 0. The summed E-state index contributed by atoms with van der Waals surface area (Å²) in [6.07, 6.45) is 0. The summed E-state index contributed by atoms with van der Waals surface area (Å²) in [5, 5.41) is 4.89. The third-order valence-corrected chi connectivity index (χ3v) is 6.16. The Labute approximate surface area is 170 Å². The highest BCUT2D eigenvalue weighted by Gasteiger charge is 2.20. The number of para-hydroxylation sites is 1. The first-order chi connectivity index (χ1) is 13.3. The molecule has 144 valence electrons. The van der Waals surface area contributed by atoms with Crippen LogP contribution >= 0.6 is 22.9 Å². The van der Waals surface area contributed by atoms with Gasteiger partial charge in [-0.05, 0) is 47.8 Å². The first-order valence-electron chi connectivity index (χ1n) is 7.84. The van der Waals surface area contributed by atoms with Crippen LogP contribution in [0.2, 0.25) is 5.02 Å². The highest BCUT2D eigenvalue weighted by Crippen LogP contribution is 2.26. The van der Waals surface area contributed by atoms with Crippen LogP contribution in [-0.4, -0.2) is 20.2 Å². The number of halogens is 1. The van der Waals surface area contributed by atoms with Crippen molar-refractivity contribution in [2.24, 2.45) is 5.73 Å². The lowest BCUT2D eigenvalue weighted by Crippen LogP contribution is -2.19. The number of hydrogen-bond acceptors (Lipinski definition) is 5. The van der Waals surface area contributed by atoms with Gasteiger partial charge in [0.1, 0.15) is 5.00 Å². The Balaban J connectivity index is 1.88. The van der Waals surface area contributed by atoms with E-state index in [4.69, 9.17) is 17.3 Å². The van der Waals surface area contributed by atoms with Crippen LogP contribution in [0.5, 0.6) is 0 Å². The topological polar surface area (TPSA) is 118 Å². The van der Waals surface area contributed by atoms with Gasteiger partial charge in [-0.1, -0.05) is 23.7 Å². The summed E-state index contributed by atoms with van der Waals surface area (Å²) in [4.78, 5) is 24.1. The molecular weight excluding hydrogens is 422 g/mol. The van der Waals surface area contributed by atoms with Crippen molar-refractivity contribution in [1.29, 1.82) is 0 Å².